The van der Waals surface area contributed by atoms with Gasteiger partial charge in [0.1, 0.15) is 5.76 Å². The molecule has 0 bridgehead atoms. The van der Waals surface area contributed by atoms with Crippen LogP contribution in [0.2, 0.25) is 10.0 Å². The molecule has 0 fully saturated rings. The summed E-state index contributed by atoms with van der Waals surface area (Å²) in [4.78, 5) is 11.9. The summed E-state index contributed by atoms with van der Waals surface area (Å²) in [5, 5.41) is 5.16. The van der Waals surface area contributed by atoms with Gasteiger partial charge in [0.15, 0.2) is 5.76 Å². The molecular formula is C15H14Cl2N2O2. The molecule has 0 aliphatic rings. The molecule has 0 aliphatic carbocycles. The molecule has 1 aromatic carbocycles. The number of hydrogen-bond acceptors (Lipinski definition) is 3. The zero-order valence-corrected chi connectivity index (χ0v) is 13.1. The van der Waals surface area contributed by atoms with Crippen LogP contribution in [0.1, 0.15) is 35.2 Å². The van der Waals surface area contributed by atoms with Crippen molar-refractivity contribution in [2.24, 2.45) is 5.10 Å². The number of hydrazone groups is 1. The van der Waals surface area contributed by atoms with E-state index in [4.69, 9.17) is 27.6 Å². The van der Waals surface area contributed by atoms with Crippen LogP contribution in [0.4, 0.5) is 0 Å². The average Bonchev–Trinajstić information content (AvgIpc) is 2.87. The number of carbonyl (C=O) groups is 1. The quantitative estimate of drug-likeness (QED) is 0.667. The highest BCUT2D eigenvalue weighted by Gasteiger charge is 2.11. The third-order valence-corrected chi connectivity index (χ3v) is 3.38. The van der Waals surface area contributed by atoms with E-state index in [1.54, 1.807) is 37.3 Å². The zero-order chi connectivity index (χ0) is 15.4. The first kappa shape index (κ1) is 15.6. The number of carbonyl (C=O) groups excluding carboxylic acids is 1. The number of nitrogens with one attached hydrogen (secondary N) is 1. The molecule has 0 unspecified atom stereocenters. The van der Waals surface area contributed by atoms with Gasteiger partial charge in [-0.15, -0.1) is 0 Å². The van der Waals surface area contributed by atoms with Crippen LogP contribution in [0.15, 0.2) is 39.9 Å². The van der Waals surface area contributed by atoms with Crippen LogP contribution in [-0.4, -0.2) is 11.6 Å². The Hall–Kier alpha value is -1.78. The fourth-order valence-corrected chi connectivity index (χ4v) is 2.30. The van der Waals surface area contributed by atoms with E-state index in [1.165, 1.54) is 0 Å². The lowest BCUT2D eigenvalue weighted by molar-refractivity contribution is 0.0926. The molecule has 0 saturated carbocycles. The molecule has 4 nitrogen and oxygen atoms in total. The van der Waals surface area contributed by atoms with E-state index >= 15 is 0 Å². The highest BCUT2D eigenvalue weighted by molar-refractivity contribution is 6.37. The lowest BCUT2D eigenvalue weighted by atomic mass is 10.1. The number of nitrogens with zero attached hydrogens (tertiary/aromatic N) is 1. The number of rotatable bonds is 4. The van der Waals surface area contributed by atoms with E-state index in [9.17, 15) is 4.79 Å². The molecule has 0 radical (unpaired) electrons. The van der Waals surface area contributed by atoms with Gasteiger partial charge in [0.05, 0.1) is 10.7 Å². The van der Waals surface area contributed by atoms with Gasteiger partial charge < -0.3 is 4.42 Å². The Balaban J connectivity index is 2.19. The monoisotopic (exact) mass is 324 g/mol. The Labute approximate surface area is 132 Å². The molecule has 110 valence electrons. The first-order valence-corrected chi connectivity index (χ1v) is 7.15. The van der Waals surface area contributed by atoms with Crippen LogP contribution in [0.3, 0.4) is 0 Å². The van der Waals surface area contributed by atoms with E-state index in [2.05, 4.69) is 10.5 Å². The van der Waals surface area contributed by atoms with Crippen molar-refractivity contribution in [3.05, 3.63) is 57.5 Å². The molecule has 1 aromatic heterocycles. The number of halogens is 2. The second kappa shape index (κ2) is 6.78. The summed E-state index contributed by atoms with van der Waals surface area (Å²) in [6, 6.07) is 8.46. The maximum Gasteiger partial charge on any atom is 0.307 e. The topological polar surface area (TPSA) is 54.6 Å². The predicted octanol–water partition coefficient (Wildman–Crippen LogP) is 4.44. The normalized spacial score (nSPS) is 11.5. The molecule has 2 aromatic rings. The van der Waals surface area contributed by atoms with Crippen LogP contribution in [0.25, 0.3) is 0 Å². The number of amides is 1. The van der Waals surface area contributed by atoms with Gasteiger partial charge in [-0.05, 0) is 37.6 Å². The third kappa shape index (κ3) is 3.86. The van der Waals surface area contributed by atoms with Crippen molar-refractivity contribution in [1.82, 2.24) is 5.43 Å². The number of furan rings is 1. The van der Waals surface area contributed by atoms with Crippen molar-refractivity contribution in [3.63, 3.8) is 0 Å². The summed E-state index contributed by atoms with van der Waals surface area (Å²) in [6.07, 6.45) is 0.610. The summed E-state index contributed by atoms with van der Waals surface area (Å²) in [5.41, 5.74) is 3.86. The van der Waals surface area contributed by atoms with Gasteiger partial charge in [-0.25, -0.2) is 5.43 Å². The van der Waals surface area contributed by atoms with Gasteiger partial charge >= 0.3 is 5.91 Å². The molecule has 21 heavy (non-hydrogen) atoms. The van der Waals surface area contributed by atoms with Crippen molar-refractivity contribution in [1.29, 1.82) is 0 Å². The van der Waals surface area contributed by atoms with Crippen LogP contribution in [0, 0.1) is 6.92 Å². The predicted molar refractivity (Wildman–Crippen MR) is 84.2 cm³/mol. The number of hydrogen-bond donors (Lipinski definition) is 1. The van der Waals surface area contributed by atoms with Gasteiger partial charge in [-0.3, -0.25) is 4.79 Å². The summed E-state index contributed by atoms with van der Waals surface area (Å²) < 4.78 is 5.23. The molecular weight excluding hydrogens is 311 g/mol. The number of aryl methyl sites for hydroxylation is 1. The highest BCUT2D eigenvalue weighted by atomic mass is 35.5. The Morgan fingerprint density at radius 2 is 2.05 bits per heavy atom. The molecule has 0 spiro atoms. The molecule has 0 atom stereocenters. The maximum atomic E-state index is 11.9. The molecule has 0 aliphatic heterocycles. The van der Waals surface area contributed by atoms with Crippen LogP contribution >= 0.6 is 23.2 Å². The second-order valence-electron chi connectivity index (χ2n) is 4.39. The minimum atomic E-state index is -0.404. The largest absolute Gasteiger partial charge is 0.456 e. The van der Waals surface area contributed by atoms with Gasteiger partial charge in [-0.1, -0.05) is 36.2 Å². The minimum Gasteiger partial charge on any atom is -0.456 e. The Kier molecular flexibility index (Phi) is 5.04. The van der Waals surface area contributed by atoms with Crippen molar-refractivity contribution >= 4 is 34.8 Å². The van der Waals surface area contributed by atoms with Gasteiger partial charge in [0.25, 0.3) is 0 Å². The Bertz CT molecular complexity index is 693. The van der Waals surface area contributed by atoms with Crippen molar-refractivity contribution in [2.75, 3.05) is 0 Å². The minimum absolute atomic E-state index is 0.217. The first-order valence-electron chi connectivity index (χ1n) is 6.40. The fourth-order valence-electron chi connectivity index (χ4n) is 1.78. The molecule has 1 amide bonds. The molecule has 2 rings (SSSR count). The number of benzene rings is 1. The third-order valence-electron chi connectivity index (χ3n) is 2.83. The van der Waals surface area contributed by atoms with E-state index in [1.807, 2.05) is 6.92 Å². The Morgan fingerprint density at radius 3 is 2.62 bits per heavy atom. The summed E-state index contributed by atoms with van der Waals surface area (Å²) >= 11 is 12.0. The molecule has 1 heterocycles. The zero-order valence-electron chi connectivity index (χ0n) is 11.6. The standard InChI is InChI=1S/C15H14Cl2N2O2/c1-3-13(11-6-5-10(16)8-12(11)17)18-19-15(20)14-7-4-9(2)21-14/h4-8H,3H2,1-2H3,(H,19,20). The fraction of sp³-hybridized carbons (Fsp3) is 0.200. The SMILES string of the molecule is CCC(=NNC(=O)c1ccc(C)o1)c1ccc(Cl)cc1Cl. The second-order valence-corrected chi connectivity index (χ2v) is 5.23. The summed E-state index contributed by atoms with van der Waals surface area (Å²) in [5.74, 6) is 0.480. The smallest absolute Gasteiger partial charge is 0.307 e. The van der Waals surface area contributed by atoms with E-state index in [0.29, 0.717) is 27.9 Å². The van der Waals surface area contributed by atoms with Crippen molar-refractivity contribution in [2.45, 2.75) is 20.3 Å². The van der Waals surface area contributed by atoms with E-state index in [0.717, 1.165) is 5.56 Å². The Morgan fingerprint density at radius 1 is 1.29 bits per heavy atom. The maximum absolute atomic E-state index is 11.9. The lowest BCUT2D eigenvalue weighted by Crippen LogP contribution is -2.19. The summed E-state index contributed by atoms with van der Waals surface area (Å²) in [7, 11) is 0. The van der Waals surface area contributed by atoms with E-state index < -0.39 is 5.91 Å². The highest BCUT2D eigenvalue weighted by Crippen LogP contribution is 2.22. The molecule has 0 saturated heterocycles. The van der Waals surface area contributed by atoms with Crippen LogP contribution in [-0.2, 0) is 0 Å². The van der Waals surface area contributed by atoms with Gasteiger partial charge in [0.2, 0.25) is 0 Å². The van der Waals surface area contributed by atoms with Crippen molar-refractivity contribution < 1.29 is 9.21 Å². The van der Waals surface area contributed by atoms with Gasteiger partial charge in [0, 0.05) is 10.6 Å². The van der Waals surface area contributed by atoms with E-state index in [-0.39, 0.29) is 5.76 Å². The lowest BCUT2D eigenvalue weighted by Gasteiger charge is -2.07. The van der Waals surface area contributed by atoms with Gasteiger partial charge in [-0.2, -0.15) is 5.10 Å². The molecule has 6 heteroatoms. The molecule has 1 N–H and O–H groups in total. The van der Waals surface area contributed by atoms with Crippen molar-refractivity contribution in [3.8, 4) is 0 Å². The van der Waals surface area contributed by atoms with Crippen LogP contribution < -0.4 is 5.43 Å². The van der Waals surface area contributed by atoms with Crippen LogP contribution in [0.5, 0.6) is 0 Å². The first-order chi connectivity index (χ1) is 10.0. The summed E-state index contributed by atoms with van der Waals surface area (Å²) in [6.45, 7) is 3.69. The average molecular weight is 325 g/mol.